The van der Waals surface area contributed by atoms with Crippen LogP contribution in [0.15, 0.2) is 0 Å². The molecular formula is C36H74CrO4. The minimum atomic E-state index is -4.61. The van der Waals surface area contributed by atoms with Gasteiger partial charge in [-0.1, -0.05) is 90.9 Å². The molecule has 0 aromatic carbocycles. The van der Waals surface area contributed by atoms with Gasteiger partial charge in [-0.15, -0.1) is 0 Å². The summed E-state index contributed by atoms with van der Waals surface area (Å²) in [6.45, 7) is 5.12. The summed E-state index contributed by atoms with van der Waals surface area (Å²) in [5.74, 6) is 0. The SMILES string of the molecule is CCCCCCCCCCCCCCCCCC[O][Cr](=[O])(=[O])[O]CCCCCCCCCCCCCCCCCC. The van der Waals surface area contributed by atoms with Crippen LogP contribution in [0.1, 0.15) is 219 Å². The molecule has 0 heterocycles. The predicted molar refractivity (Wildman–Crippen MR) is 172 cm³/mol. The van der Waals surface area contributed by atoms with E-state index in [1.165, 1.54) is 180 Å². The Morgan fingerprint density at radius 2 is 0.463 bits per heavy atom. The van der Waals surface area contributed by atoms with Crippen molar-refractivity contribution in [2.24, 2.45) is 0 Å². The van der Waals surface area contributed by atoms with Gasteiger partial charge in [0.15, 0.2) is 0 Å². The monoisotopic (exact) mass is 622 g/mol. The average molecular weight is 623 g/mol. The van der Waals surface area contributed by atoms with Crippen LogP contribution in [0.2, 0.25) is 0 Å². The number of hydrogen-bond donors (Lipinski definition) is 0. The zero-order valence-electron chi connectivity index (χ0n) is 28.1. The minimum Gasteiger partial charge on any atom is -0.0654 e. The maximum atomic E-state index is 12.0. The molecule has 0 unspecified atom stereocenters. The topological polar surface area (TPSA) is 52.6 Å². The third-order valence-corrected chi connectivity index (χ3v) is 9.87. The standard InChI is InChI=1S/2C18H37O.Cr.2O/c2*1-2-3-4-5-6-7-8-9-10-11-12-13-14-15-16-17-18-19;;;/h2*2-18H2,1H3;;;/q2*-1;+2;;. The molecule has 0 N–H and O–H groups in total. The summed E-state index contributed by atoms with van der Waals surface area (Å²) in [7, 11) is 0. The fourth-order valence-electron chi connectivity index (χ4n) is 5.66. The van der Waals surface area contributed by atoms with Crippen LogP contribution in [0.4, 0.5) is 0 Å². The van der Waals surface area contributed by atoms with Gasteiger partial charge in [-0.25, -0.2) is 0 Å². The van der Waals surface area contributed by atoms with E-state index in [0.717, 1.165) is 25.7 Å². The second-order valence-electron chi connectivity index (χ2n) is 12.7. The van der Waals surface area contributed by atoms with Crippen LogP contribution < -0.4 is 0 Å². The van der Waals surface area contributed by atoms with Crippen LogP contribution in [0, 0.1) is 0 Å². The quantitative estimate of drug-likeness (QED) is 0.0652. The molecule has 0 amide bonds. The van der Waals surface area contributed by atoms with E-state index >= 15 is 0 Å². The van der Waals surface area contributed by atoms with E-state index < -0.39 is 13.6 Å². The van der Waals surface area contributed by atoms with Gasteiger partial charge in [0, 0.05) is 0 Å². The van der Waals surface area contributed by atoms with Crippen molar-refractivity contribution in [3.63, 3.8) is 0 Å². The summed E-state index contributed by atoms with van der Waals surface area (Å²) in [4.78, 5) is 0. The summed E-state index contributed by atoms with van der Waals surface area (Å²) >= 11 is -4.61. The van der Waals surface area contributed by atoms with Gasteiger partial charge in [-0.3, -0.25) is 0 Å². The summed E-state index contributed by atoms with van der Waals surface area (Å²) in [6, 6.07) is 0. The number of hydrogen-bond acceptors (Lipinski definition) is 4. The smallest absolute Gasteiger partial charge is 0.0654 e. The molecular weight excluding hydrogens is 548 g/mol. The van der Waals surface area contributed by atoms with Gasteiger partial charge in [0.2, 0.25) is 0 Å². The van der Waals surface area contributed by atoms with Crippen LogP contribution in [0.25, 0.3) is 0 Å². The van der Waals surface area contributed by atoms with Crippen molar-refractivity contribution in [1.29, 1.82) is 0 Å². The molecule has 0 saturated carbocycles. The van der Waals surface area contributed by atoms with Gasteiger partial charge in [0.05, 0.1) is 0 Å². The molecule has 0 spiro atoms. The Morgan fingerprint density at radius 1 is 0.293 bits per heavy atom. The first kappa shape index (κ1) is 41.1. The average Bonchev–Trinajstić information content (AvgIpc) is 2.96. The van der Waals surface area contributed by atoms with Gasteiger partial charge in [0.25, 0.3) is 0 Å². The first-order valence-electron chi connectivity index (χ1n) is 18.7. The first-order chi connectivity index (χ1) is 20.1. The van der Waals surface area contributed by atoms with Gasteiger partial charge in [-0.2, -0.15) is 0 Å². The van der Waals surface area contributed by atoms with E-state index in [9.17, 15) is 7.61 Å². The maximum absolute atomic E-state index is 12.0. The van der Waals surface area contributed by atoms with Crippen molar-refractivity contribution in [3.05, 3.63) is 0 Å². The molecule has 0 aromatic rings. The van der Waals surface area contributed by atoms with Gasteiger partial charge >= 0.3 is 170 Å². The molecule has 0 aromatic heterocycles. The molecule has 0 fully saturated rings. The zero-order chi connectivity index (χ0) is 30.0. The fraction of sp³-hybridized carbons (Fsp3) is 1.00. The van der Waals surface area contributed by atoms with Crippen molar-refractivity contribution in [3.8, 4) is 0 Å². The molecule has 0 aliphatic heterocycles. The molecule has 5 heteroatoms. The van der Waals surface area contributed by atoms with Crippen LogP contribution >= 0.6 is 0 Å². The van der Waals surface area contributed by atoms with Crippen LogP contribution in [-0.4, -0.2) is 13.2 Å². The Labute approximate surface area is 260 Å². The molecule has 0 aliphatic rings. The van der Waals surface area contributed by atoms with E-state index in [4.69, 9.17) is 7.58 Å². The summed E-state index contributed by atoms with van der Waals surface area (Å²) < 4.78 is 34.2. The molecule has 0 saturated heterocycles. The molecule has 0 aliphatic carbocycles. The Kier molecular flexibility index (Phi) is 34.6. The second kappa shape index (κ2) is 34.5. The van der Waals surface area contributed by atoms with Gasteiger partial charge < -0.3 is 0 Å². The first-order valence-corrected chi connectivity index (χ1v) is 20.7. The molecule has 4 nitrogen and oxygen atoms in total. The Morgan fingerprint density at radius 3 is 0.659 bits per heavy atom. The molecule has 0 radical (unpaired) electrons. The van der Waals surface area contributed by atoms with Gasteiger partial charge in [-0.05, 0) is 0 Å². The molecule has 0 bridgehead atoms. The van der Waals surface area contributed by atoms with Crippen LogP contribution in [0.5, 0.6) is 0 Å². The van der Waals surface area contributed by atoms with Crippen molar-refractivity contribution >= 4 is 0 Å². The van der Waals surface area contributed by atoms with Crippen molar-refractivity contribution in [2.45, 2.75) is 219 Å². The summed E-state index contributed by atoms with van der Waals surface area (Å²) in [6.07, 6.45) is 42.0. The Balaban J connectivity index is 3.27. The minimum absolute atomic E-state index is 0.282. The van der Waals surface area contributed by atoms with Crippen molar-refractivity contribution in [2.75, 3.05) is 13.2 Å². The predicted octanol–water partition coefficient (Wildman–Crippen LogP) is 13.2. The van der Waals surface area contributed by atoms with Crippen molar-refractivity contribution in [1.82, 2.24) is 0 Å². The Bertz CT molecular complexity index is 534. The third-order valence-electron chi connectivity index (χ3n) is 8.45. The van der Waals surface area contributed by atoms with E-state index in [1.807, 2.05) is 0 Å². The van der Waals surface area contributed by atoms with E-state index in [2.05, 4.69) is 13.8 Å². The van der Waals surface area contributed by atoms with E-state index in [1.54, 1.807) is 0 Å². The number of rotatable bonds is 36. The molecule has 41 heavy (non-hydrogen) atoms. The molecule has 248 valence electrons. The van der Waals surface area contributed by atoms with E-state index in [0.29, 0.717) is 0 Å². The second-order valence-corrected chi connectivity index (χ2v) is 14.7. The van der Waals surface area contributed by atoms with Gasteiger partial charge in [0.1, 0.15) is 0 Å². The normalized spacial score (nSPS) is 12.0. The Hall–Kier alpha value is 0.0525. The van der Waals surface area contributed by atoms with Crippen LogP contribution in [-0.2, 0) is 28.8 Å². The van der Waals surface area contributed by atoms with Crippen LogP contribution in [0.3, 0.4) is 0 Å². The third kappa shape index (κ3) is 36.2. The fourth-order valence-corrected chi connectivity index (χ4v) is 6.77. The van der Waals surface area contributed by atoms with Crippen molar-refractivity contribution < 1.29 is 28.8 Å². The zero-order valence-corrected chi connectivity index (χ0v) is 29.4. The summed E-state index contributed by atoms with van der Waals surface area (Å²) in [5.41, 5.74) is 0. The molecule has 0 rings (SSSR count). The summed E-state index contributed by atoms with van der Waals surface area (Å²) in [5, 5.41) is 0. The molecule has 0 atom stereocenters. The number of unbranched alkanes of at least 4 members (excludes halogenated alkanes) is 30. The van der Waals surface area contributed by atoms with E-state index in [-0.39, 0.29) is 13.2 Å².